The lowest BCUT2D eigenvalue weighted by Gasteiger charge is -2.32. The molecule has 12 heteroatoms. The maximum absolute atomic E-state index is 14.3. The number of likely N-dealkylation sites (N-methyl/N-ethyl adjacent to an activating group) is 2. The van der Waals surface area contributed by atoms with Gasteiger partial charge in [0.25, 0.3) is 5.91 Å². The number of halogens is 2. The second-order valence-electron chi connectivity index (χ2n) is 9.53. The van der Waals surface area contributed by atoms with Gasteiger partial charge in [-0.15, -0.1) is 0 Å². The van der Waals surface area contributed by atoms with Gasteiger partial charge in [0, 0.05) is 57.1 Å². The number of nitrogens with one attached hydrogen (secondary N) is 3. The summed E-state index contributed by atoms with van der Waals surface area (Å²) in [4.78, 5) is 28.1. The highest BCUT2D eigenvalue weighted by molar-refractivity contribution is 6.31. The van der Waals surface area contributed by atoms with Gasteiger partial charge in [0.1, 0.15) is 11.6 Å². The molecule has 4 rings (SSSR count). The van der Waals surface area contributed by atoms with Crippen LogP contribution in [-0.2, 0) is 0 Å². The first-order valence-corrected chi connectivity index (χ1v) is 12.6. The zero-order valence-electron chi connectivity index (χ0n) is 21.6. The summed E-state index contributed by atoms with van der Waals surface area (Å²) in [5.74, 6) is 1.54. The quantitative estimate of drug-likeness (QED) is 0.385. The highest BCUT2D eigenvalue weighted by Gasteiger charge is 2.26. The number of aromatic nitrogens is 4. The molecule has 10 nitrogen and oxygen atoms in total. The molecule has 0 unspecified atom stereocenters. The van der Waals surface area contributed by atoms with Crippen molar-refractivity contribution in [3.05, 3.63) is 52.4 Å². The number of aromatic amines is 1. The number of hydrogen-bond acceptors (Lipinski definition) is 8. The van der Waals surface area contributed by atoms with E-state index in [1.165, 1.54) is 12.1 Å². The summed E-state index contributed by atoms with van der Waals surface area (Å²) < 4.78 is 14.3. The van der Waals surface area contributed by atoms with Gasteiger partial charge in [-0.05, 0) is 46.0 Å². The number of piperidine rings is 1. The first kappa shape index (κ1) is 26.6. The maximum atomic E-state index is 14.3. The highest BCUT2D eigenvalue weighted by atomic mass is 35.5. The van der Waals surface area contributed by atoms with E-state index in [0.29, 0.717) is 43.5 Å². The van der Waals surface area contributed by atoms with Gasteiger partial charge in [0.15, 0.2) is 11.6 Å². The van der Waals surface area contributed by atoms with Crippen LogP contribution in [0.4, 0.5) is 27.8 Å². The minimum absolute atomic E-state index is 0.0000225. The Kier molecular flexibility index (Phi) is 8.45. The lowest BCUT2D eigenvalue weighted by molar-refractivity contribution is 0.0713. The molecule has 0 aliphatic carbocycles. The van der Waals surface area contributed by atoms with E-state index < -0.39 is 5.82 Å². The van der Waals surface area contributed by atoms with E-state index >= 15 is 0 Å². The number of carbonyl (C=O) groups is 1. The normalized spacial score (nSPS) is 14.2. The highest BCUT2D eigenvalue weighted by Crippen LogP contribution is 2.24. The third-order valence-corrected chi connectivity index (χ3v) is 6.54. The fourth-order valence-corrected chi connectivity index (χ4v) is 4.26. The molecule has 0 radical (unpaired) electrons. The van der Waals surface area contributed by atoms with Crippen LogP contribution in [0.1, 0.15) is 28.9 Å². The second kappa shape index (κ2) is 11.7. The third-order valence-electron chi connectivity index (χ3n) is 6.25. The smallest absolute Gasteiger partial charge is 0.256 e. The van der Waals surface area contributed by atoms with Crippen LogP contribution in [0.15, 0.2) is 30.3 Å². The fourth-order valence-electron chi connectivity index (χ4n) is 4.09. The van der Waals surface area contributed by atoms with Crippen LogP contribution < -0.4 is 15.5 Å². The van der Waals surface area contributed by atoms with Crippen molar-refractivity contribution in [1.29, 1.82) is 0 Å². The van der Waals surface area contributed by atoms with Gasteiger partial charge >= 0.3 is 0 Å². The average Bonchev–Trinajstić information content (AvgIpc) is 3.28. The Morgan fingerprint density at radius 1 is 1.16 bits per heavy atom. The zero-order chi connectivity index (χ0) is 26.5. The topological polar surface area (TPSA) is 105 Å². The molecular weight excluding hydrogens is 497 g/mol. The molecule has 1 aliphatic rings. The Bertz CT molecular complexity index is 1230. The van der Waals surface area contributed by atoms with Crippen LogP contribution in [0, 0.1) is 12.7 Å². The number of anilines is 4. The predicted octanol–water partition coefficient (Wildman–Crippen LogP) is 3.76. The van der Waals surface area contributed by atoms with Gasteiger partial charge in [-0.2, -0.15) is 15.1 Å². The summed E-state index contributed by atoms with van der Waals surface area (Å²) in [6, 6.07) is 8.35. The Hall–Kier alpha value is -3.44. The van der Waals surface area contributed by atoms with Crippen LogP contribution in [0.25, 0.3) is 0 Å². The number of H-pyrrole nitrogens is 1. The molecule has 3 N–H and O–H groups in total. The summed E-state index contributed by atoms with van der Waals surface area (Å²) in [5.41, 5.74) is 0.942. The molecule has 0 spiro atoms. The second-order valence-corrected chi connectivity index (χ2v) is 9.94. The Morgan fingerprint density at radius 2 is 1.92 bits per heavy atom. The van der Waals surface area contributed by atoms with Crippen LogP contribution in [0.2, 0.25) is 5.02 Å². The van der Waals surface area contributed by atoms with Crippen molar-refractivity contribution < 1.29 is 9.18 Å². The molecule has 37 heavy (non-hydrogen) atoms. The van der Waals surface area contributed by atoms with Gasteiger partial charge in [0.2, 0.25) is 5.95 Å². The zero-order valence-corrected chi connectivity index (χ0v) is 22.3. The first-order chi connectivity index (χ1) is 17.7. The SMILES string of the molecule is Cc1cc(Nc2cc(N(C)CCN(C)C)nc(NC3CCN(C(=O)c4cccc(Cl)c4F)CC3)n2)n[nH]1. The molecule has 3 aromatic rings. The number of aryl methyl sites for hydroxylation is 1. The molecule has 1 amide bonds. The van der Waals surface area contributed by atoms with Crippen LogP contribution in [0.3, 0.4) is 0 Å². The minimum Gasteiger partial charge on any atom is -0.358 e. The van der Waals surface area contributed by atoms with E-state index in [-0.39, 0.29) is 22.5 Å². The van der Waals surface area contributed by atoms with E-state index in [9.17, 15) is 9.18 Å². The summed E-state index contributed by atoms with van der Waals surface area (Å²) in [6.07, 6.45) is 1.36. The Labute approximate surface area is 221 Å². The average molecular weight is 530 g/mol. The molecule has 198 valence electrons. The molecular formula is C25H33ClFN9O. The van der Waals surface area contributed by atoms with E-state index in [0.717, 1.165) is 24.6 Å². The Balaban J connectivity index is 1.45. The van der Waals surface area contributed by atoms with Gasteiger partial charge in [-0.3, -0.25) is 9.89 Å². The summed E-state index contributed by atoms with van der Waals surface area (Å²) >= 11 is 5.86. The minimum atomic E-state index is -0.676. The van der Waals surface area contributed by atoms with E-state index in [1.54, 1.807) is 11.0 Å². The predicted molar refractivity (Wildman–Crippen MR) is 144 cm³/mol. The number of carbonyl (C=O) groups excluding carboxylic acids is 1. The number of benzene rings is 1. The van der Waals surface area contributed by atoms with Crippen molar-refractivity contribution in [2.75, 3.05) is 62.9 Å². The first-order valence-electron chi connectivity index (χ1n) is 12.2. The van der Waals surface area contributed by atoms with Gasteiger partial charge in [-0.25, -0.2) is 4.39 Å². The van der Waals surface area contributed by atoms with Crippen LogP contribution >= 0.6 is 11.6 Å². The van der Waals surface area contributed by atoms with Crippen molar-refractivity contribution in [3.63, 3.8) is 0 Å². The summed E-state index contributed by atoms with van der Waals surface area (Å²) in [5, 5.41) is 13.8. The van der Waals surface area contributed by atoms with Crippen molar-refractivity contribution >= 4 is 40.9 Å². The molecule has 0 bridgehead atoms. The monoisotopic (exact) mass is 529 g/mol. The van der Waals surface area contributed by atoms with Gasteiger partial charge in [-0.1, -0.05) is 17.7 Å². The van der Waals surface area contributed by atoms with Crippen LogP contribution in [0.5, 0.6) is 0 Å². The third kappa shape index (κ3) is 6.86. The lowest BCUT2D eigenvalue weighted by Crippen LogP contribution is -2.43. The van der Waals surface area contributed by atoms with E-state index in [2.05, 4.69) is 35.6 Å². The molecule has 3 heterocycles. The van der Waals surface area contributed by atoms with Crippen molar-refractivity contribution in [2.45, 2.75) is 25.8 Å². The van der Waals surface area contributed by atoms with Crippen molar-refractivity contribution in [2.24, 2.45) is 0 Å². The number of likely N-dealkylation sites (tertiary alicyclic amines) is 1. The van der Waals surface area contributed by atoms with Crippen molar-refractivity contribution in [1.82, 2.24) is 30.0 Å². The van der Waals surface area contributed by atoms with Gasteiger partial charge < -0.3 is 25.3 Å². The summed E-state index contributed by atoms with van der Waals surface area (Å²) in [6.45, 7) is 4.59. The molecule has 2 aromatic heterocycles. The summed E-state index contributed by atoms with van der Waals surface area (Å²) in [7, 11) is 6.06. The molecule has 1 aromatic carbocycles. The van der Waals surface area contributed by atoms with E-state index in [4.69, 9.17) is 16.6 Å². The number of hydrogen-bond donors (Lipinski definition) is 3. The lowest BCUT2D eigenvalue weighted by atomic mass is 10.0. The van der Waals surface area contributed by atoms with Gasteiger partial charge in [0.05, 0.1) is 10.6 Å². The molecule has 1 aliphatic heterocycles. The largest absolute Gasteiger partial charge is 0.358 e. The standard InChI is InChI=1S/C25H33ClFN9O/c1-16-14-21(33-32-16)29-20-15-22(35(4)13-12-34(2)3)31-25(30-20)28-17-8-10-36(11-9-17)24(37)18-6-5-7-19(26)23(18)27/h5-7,14-15,17H,8-13H2,1-4H3,(H3,28,29,30,31,32,33). The molecule has 0 saturated carbocycles. The molecule has 0 atom stereocenters. The fraction of sp³-hybridized carbons (Fsp3) is 0.440. The number of rotatable bonds is 9. The molecule has 1 fully saturated rings. The number of amides is 1. The number of nitrogens with zero attached hydrogens (tertiary/aromatic N) is 6. The molecule has 1 saturated heterocycles. The van der Waals surface area contributed by atoms with Crippen molar-refractivity contribution in [3.8, 4) is 0 Å². The Morgan fingerprint density at radius 3 is 2.59 bits per heavy atom. The van der Waals surface area contributed by atoms with Crippen LogP contribution in [-0.4, -0.2) is 89.2 Å². The maximum Gasteiger partial charge on any atom is 0.256 e. The van der Waals surface area contributed by atoms with E-state index in [1.807, 2.05) is 40.2 Å².